The summed E-state index contributed by atoms with van der Waals surface area (Å²) in [4.78, 5) is 78.8. The first-order valence-corrected chi connectivity index (χ1v) is 41.0. The van der Waals surface area contributed by atoms with Gasteiger partial charge in [-0.1, -0.05) is 69.2 Å². The summed E-state index contributed by atoms with van der Waals surface area (Å²) in [5.74, 6) is -2.25. The van der Waals surface area contributed by atoms with Crippen molar-refractivity contribution in [3.63, 3.8) is 0 Å². The van der Waals surface area contributed by atoms with Gasteiger partial charge < -0.3 is 23.1 Å². The van der Waals surface area contributed by atoms with Crippen LogP contribution in [0.25, 0.3) is 28.6 Å². The molecule has 20 nitrogen and oxygen atoms in total. The first-order chi connectivity index (χ1) is 42.7. The first-order valence-electron chi connectivity index (χ1n) is 31.5. The predicted octanol–water partition coefficient (Wildman–Crippen LogP) is 14.4. The second-order valence-electron chi connectivity index (χ2n) is 29.1. The van der Waals surface area contributed by atoms with Crippen LogP contribution >= 0.6 is 0 Å². The van der Waals surface area contributed by atoms with Crippen molar-refractivity contribution in [3.8, 4) is 22.5 Å². The summed E-state index contributed by atoms with van der Waals surface area (Å²) in [5.41, 5.74) is 2.17. The molecule has 4 aromatic rings. The number of Topliss-reactive ketones (excluding diaryl/α,β-unsaturated/α-hetero) is 1. The van der Waals surface area contributed by atoms with Gasteiger partial charge in [0, 0.05) is 56.8 Å². The average Bonchev–Trinajstić information content (AvgIpc) is 0.808. The lowest BCUT2D eigenvalue weighted by molar-refractivity contribution is -0.158. The number of hydrogen-bond donors (Lipinski definition) is 0. The Morgan fingerprint density at radius 1 is 0.574 bits per heavy atom. The van der Waals surface area contributed by atoms with E-state index in [-0.39, 0.29) is 88.3 Å². The molecule has 26 heteroatoms. The number of hydrogen-bond acceptors (Lipinski definition) is 18. The van der Waals surface area contributed by atoms with E-state index in [1.54, 1.807) is 26.8 Å². The van der Waals surface area contributed by atoms with Crippen molar-refractivity contribution in [1.82, 2.24) is 19.9 Å². The normalized spacial score (nSPS) is 14.0. The lowest BCUT2D eigenvalue weighted by Crippen LogP contribution is -2.45. The molecule has 0 radical (unpaired) electrons. The number of aldehydes is 1. The Morgan fingerprint density at radius 3 is 1.20 bits per heavy atom. The lowest BCUT2D eigenvalue weighted by atomic mass is 9.97. The molecule has 526 valence electrons. The Morgan fingerprint density at radius 2 is 0.915 bits per heavy atom. The van der Waals surface area contributed by atoms with Crippen LogP contribution in [0.4, 0.5) is 20.7 Å². The highest BCUT2D eigenvalue weighted by Crippen LogP contribution is 2.40. The van der Waals surface area contributed by atoms with Gasteiger partial charge in [-0.2, -0.15) is 0 Å². The Labute approximate surface area is 561 Å². The molecule has 0 N–H and O–H groups in total. The Balaban J connectivity index is 0.000000503. The van der Waals surface area contributed by atoms with E-state index in [0.29, 0.717) is 40.1 Å². The van der Waals surface area contributed by atoms with Gasteiger partial charge in [-0.3, -0.25) is 24.0 Å². The molecule has 1 saturated heterocycles. The van der Waals surface area contributed by atoms with Crippen molar-refractivity contribution in [1.29, 1.82) is 0 Å². The number of ether oxygens (including phenoxy) is 3. The van der Waals surface area contributed by atoms with E-state index < -0.39 is 77.7 Å². The van der Waals surface area contributed by atoms with Crippen molar-refractivity contribution >= 4 is 84.4 Å². The third-order valence-corrected chi connectivity index (χ3v) is 26.7. The largest absolute Gasteiger partial charge is 0.460 e. The van der Waals surface area contributed by atoms with E-state index in [4.69, 9.17) is 23.1 Å². The number of rotatable bonds is 23. The number of ketones is 2. The number of esters is 2. The SMILES string of the molecule is C1CCOC1.CC(=O)C[C@@H](CC(=O)OC(C)(C)C)O[Si](C)(C)C(C)(C)C.CC(C)c1nc(N(C)S(C)(=O)=O)nc(-c2ccc(F)cc2)c1/C=C/C(=O)C[C@@H](CC(=O)OC(C)(C)C)O[Si](C)(C)C(C)(C)C.CC(C)c1nc(N(C)S(C)(=O)=O)nc(-c2ccc(F)cc2)c1C=O. The van der Waals surface area contributed by atoms with Crippen LogP contribution < -0.4 is 8.61 Å². The van der Waals surface area contributed by atoms with Gasteiger partial charge in [0.15, 0.2) is 28.7 Å². The molecule has 2 atom stereocenters. The van der Waals surface area contributed by atoms with Gasteiger partial charge in [0.05, 0.1) is 65.9 Å². The molecule has 2 aromatic heterocycles. The van der Waals surface area contributed by atoms with Crippen LogP contribution in [0, 0.1) is 11.6 Å². The summed E-state index contributed by atoms with van der Waals surface area (Å²) >= 11 is 0. The van der Waals surface area contributed by atoms with E-state index in [1.165, 1.54) is 88.5 Å². The van der Waals surface area contributed by atoms with E-state index >= 15 is 0 Å². The van der Waals surface area contributed by atoms with Gasteiger partial charge in [-0.25, -0.2) is 54.2 Å². The van der Waals surface area contributed by atoms with Gasteiger partial charge in [-0.15, -0.1) is 0 Å². The van der Waals surface area contributed by atoms with E-state index in [2.05, 4.69) is 87.7 Å². The van der Waals surface area contributed by atoms with Crippen molar-refractivity contribution in [2.24, 2.45) is 0 Å². The smallest absolute Gasteiger partial charge is 0.308 e. The van der Waals surface area contributed by atoms with Crippen LogP contribution in [0.1, 0.15) is 195 Å². The molecule has 94 heavy (non-hydrogen) atoms. The van der Waals surface area contributed by atoms with Crippen molar-refractivity contribution in [2.45, 2.75) is 228 Å². The molecule has 2 aromatic carbocycles. The van der Waals surface area contributed by atoms with Crippen molar-refractivity contribution < 1.29 is 72.7 Å². The third kappa shape index (κ3) is 28.3. The van der Waals surface area contributed by atoms with Crippen molar-refractivity contribution in [3.05, 3.63) is 88.8 Å². The van der Waals surface area contributed by atoms with Gasteiger partial charge in [-0.05, 0) is 170 Å². The van der Waals surface area contributed by atoms with Crippen LogP contribution in [0.15, 0.2) is 54.6 Å². The van der Waals surface area contributed by atoms with Gasteiger partial charge in [0.25, 0.3) is 0 Å². The number of carbonyl (C=O) groups excluding carboxylic acids is 5. The number of benzene rings is 2. The molecule has 3 heterocycles. The van der Waals surface area contributed by atoms with Crippen LogP contribution in [-0.2, 0) is 62.3 Å². The molecule has 1 aliphatic heterocycles. The summed E-state index contributed by atoms with van der Waals surface area (Å²) in [5, 5.41) is -0.109. The minimum Gasteiger partial charge on any atom is -0.460 e. The summed E-state index contributed by atoms with van der Waals surface area (Å²) in [6.45, 7) is 42.9. The van der Waals surface area contributed by atoms with Gasteiger partial charge >= 0.3 is 11.9 Å². The molecule has 0 unspecified atom stereocenters. The predicted molar refractivity (Wildman–Crippen MR) is 374 cm³/mol. The maximum atomic E-state index is 13.8. The van der Waals surface area contributed by atoms with Gasteiger partial charge in [0.2, 0.25) is 31.9 Å². The highest BCUT2D eigenvalue weighted by atomic mass is 32.2. The summed E-state index contributed by atoms with van der Waals surface area (Å²) < 4.78 is 106. The monoisotopic (exact) mass is 1390 g/mol. The Hall–Kier alpha value is -6.04. The fourth-order valence-electron chi connectivity index (χ4n) is 8.28. The molecule has 5 rings (SSSR count). The third-order valence-electron chi connectivity index (χ3n) is 15.3. The average molecular weight is 1390 g/mol. The maximum absolute atomic E-state index is 13.8. The zero-order valence-corrected chi connectivity index (χ0v) is 63.9. The Bertz CT molecular complexity index is 3460. The zero-order valence-electron chi connectivity index (χ0n) is 60.3. The second-order valence-corrected chi connectivity index (χ2v) is 42.6. The molecule has 0 aliphatic carbocycles. The maximum Gasteiger partial charge on any atom is 0.308 e. The number of anilines is 2. The number of nitrogens with zero attached hydrogens (tertiary/aromatic N) is 6. The number of halogens is 2. The highest BCUT2D eigenvalue weighted by Gasteiger charge is 2.42. The quantitative estimate of drug-likeness (QED) is 0.0289. The number of sulfonamides is 2. The zero-order chi connectivity index (χ0) is 72.5. The fourth-order valence-corrected chi connectivity index (χ4v) is 11.7. The molecule has 1 aliphatic rings. The first kappa shape index (κ1) is 84.1. The van der Waals surface area contributed by atoms with Gasteiger partial charge in [0.1, 0.15) is 28.6 Å². The molecular weight excluding hydrogens is 1280 g/mol. The summed E-state index contributed by atoms with van der Waals surface area (Å²) in [7, 11) is -8.92. The number of carbonyl (C=O) groups is 5. The molecule has 0 spiro atoms. The van der Waals surface area contributed by atoms with Crippen LogP contribution in [0.3, 0.4) is 0 Å². The summed E-state index contributed by atoms with van der Waals surface area (Å²) in [6, 6.07) is 11.1. The number of allylic oxidation sites excluding steroid dienone is 1. The van der Waals surface area contributed by atoms with Crippen molar-refractivity contribution in [2.75, 3.05) is 48.4 Å². The number of aromatic nitrogens is 4. The Kier molecular flexibility index (Phi) is 31.1. The standard InChI is InChI=1S/C32H48FN3O6SSi.C16H18FN3O3S.C16H32O4Si.C4H8O/c1-21(2)28-26(29(22-13-15-23(33)16-14-22)35-30(34-28)36(9)43(10,39)40)18-17-24(37)19-25(20-27(38)41-31(3,4)5)42-44(11,12)32(6,7)8;1-10(2)14-13(9-21)15(11-5-7-12(17)8-6-11)19-16(18-14)20(3)24(4,22)23;1-12(17)10-13(11-14(18)19-15(2,3)4)20-21(8,9)16(5,6)7;1-2-4-5-3-1/h13-18,21,25H,19-20H2,1-12H3;5-10H,1-4H3;13H,10-11H2,1-9H3;1-4H2/b18-17+;;;/t25-;;13-;/m0.0./s1. The molecule has 0 saturated carbocycles. The molecular formula is C68H106F2N6O14S2Si2. The minimum atomic E-state index is -3.68. The van der Waals surface area contributed by atoms with E-state index in [0.717, 1.165) is 34.3 Å². The van der Waals surface area contributed by atoms with Crippen LogP contribution in [0.2, 0.25) is 36.3 Å². The summed E-state index contributed by atoms with van der Waals surface area (Å²) in [6.07, 6.45) is 7.45. The van der Waals surface area contributed by atoms with E-state index in [9.17, 15) is 49.6 Å². The second kappa shape index (κ2) is 34.8. The lowest BCUT2D eigenvalue weighted by Gasteiger charge is -2.39. The molecule has 0 bridgehead atoms. The fraction of sp³-hybridized carbons (Fsp3) is 0.603. The van der Waals surface area contributed by atoms with Crippen LogP contribution in [0.5, 0.6) is 0 Å². The van der Waals surface area contributed by atoms with Crippen LogP contribution in [-0.4, -0.2) is 146 Å². The topological polar surface area (TPSA) is 258 Å². The minimum absolute atomic E-state index is 0.0299. The molecule has 0 amide bonds. The van der Waals surface area contributed by atoms with E-state index in [1.807, 2.05) is 48.5 Å². The highest BCUT2D eigenvalue weighted by molar-refractivity contribution is 7.92. The molecule has 1 fully saturated rings.